The molecule has 1 aromatic rings. The van der Waals surface area contributed by atoms with E-state index in [-0.39, 0.29) is 12.2 Å². The minimum atomic E-state index is -0.680. The number of methoxy groups -OCH3 is 1. The Hall–Kier alpha value is -2.06. The Kier molecular flexibility index (Phi) is 3.86. The van der Waals surface area contributed by atoms with E-state index in [4.69, 9.17) is 11.0 Å². The lowest BCUT2D eigenvalue weighted by molar-refractivity contribution is -0.141. The summed E-state index contributed by atoms with van der Waals surface area (Å²) in [6.45, 7) is 0. The lowest BCUT2D eigenvalue weighted by atomic mass is 10.0. The molecule has 1 rings (SSSR count). The smallest absolute Gasteiger partial charge is 0.307 e. The number of esters is 1. The maximum Gasteiger partial charge on any atom is 0.307 e. The van der Waals surface area contributed by atoms with E-state index in [9.17, 15) is 9.90 Å². The van der Waals surface area contributed by atoms with Crippen LogP contribution in [0.1, 0.15) is 23.6 Å². The Balaban J connectivity index is 2.94. The molecule has 0 saturated heterocycles. The average Bonchev–Trinajstić information content (AvgIpc) is 2.29. The Bertz CT molecular complexity index is 437. The van der Waals surface area contributed by atoms with E-state index in [0.717, 1.165) is 0 Å². The van der Waals surface area contributed by atoms with Crippen molar-refractivity contribution in [3.8, 4) is 11.8 Å². The number of nitriles is 1. The Morgan fingerprint density at radius 3 is 2.94 bits per heavy atom. The second kappa shape index (κ2) is 5.14. The molecule has 0 aliphatic heterocycles. The second-order valence-corrected chi connectivity index (χ2v) is 3.27. The maximum absolute atomic E-state index is 11.0. The summed E-state index contributed by atoms with van der Waals surface area (Å²) in [6.07, 6.45) is -0.0427. The van der Waals surface area contributed by atoms with Gasteiger partial charge in [-0.25, -0.2) is 0 Å². The molecule has 0 heterocycles. The number of carbonyl (C=O) groups excluding carboxylic acids is 1. The van der Waals surface area contributed by atoms with Crippen molar-refractivity contribution >= 4 is 5.97 Å². The third-order valence-electron chi connectivity index (χ3n) is 2.17. The Labute approximate surface area is 93.1 Å². The third-order valence-corrected chi connectivity index (χ3v) is 2.17. The van der Waals surface area contributed by atoms with Crippen LogP contribution < -0.4 is 5.73 Å². The van der Waals surface area contributed by atoms with E-state index in [1.165, 1.54) is 25.3 Å². The van der Waals surface area contributed by atoms with Crippen molar-refractivity contribution in [1.29, 1.82) is 5.26 Å². The summed E-state index contributed by atoms with van der Waals surface area (Å²) in [4.78, 5) is 11.0. The van der Waals surface area contributed by atoms with Crippen molar-refractivity contribution in [2.75, 3.05) is 7.11 Å². The Morgan fingerprint density at radius 2 is 2.38 bits per heavy atom. The third kappa shape index (κ3) is 2.72. The van der Waals surface area contributed by atoms with E-state index < -0.39 is 12.0 Å². The predicted octanol–water partition coefficient (Wildman–Crippen LogP) is 0.827. The van der Waals surface area contributed by atoms with Crippen molar-refractivity contribution in [3.63, 3.8) is 0 Å². The van der Waals surface area contributed by atoms with E-state index in [2.05, 4.69) is 4.74 Å². The molecule has 0 unspecified atom stereocenters. The van der Waals surface area contributed by atoms with Gasteiger partial charge >= 0.3 is 5.97 Å². The van der Waals surface area contributed by atoms with Gasteiger partial charge < -0.3 is 15.6 Å². The minimum Gasteiger partial charge on any atom is -0.508 e. The minimum absolute atomic E-state index is 0.0320. The van der Waals surface area contributed by atoms with Gasteiger partial charge in [-0.05, 0) is 18.2 Å². The molecule has 0 fully saturated rings. The van der Waals surface area contributed by atoms with Crippen molar-refractivity contribution < 1.29 is 14.6 Å². The van der Waals surface area contributed by atoms with Crippen LogP contribution in [0.5, 0.6) is 5.75 Å². The van der Waals surface area contributed by atoms with Crippen molar-refractivity contribution in [2.24, 2.45) is 5.73 Å². The quantitative estimate of drug-likeness (QED) is 0.735. The number of phenols is 1. The molecule has 0 aliphatic rings. The topological polar surface area (TPSA) is 96.3 Å². The molecule has 0 aromatic heterocycles. The number of hydrogen-bond donors (Lipinski definition) is 2. The fourth-order valence-corrected chi connectivity index (χ4v) is 1.29. The van der Waals surface area contributed by atoms with Crippen LogP contribution in [0.25, 0.3) is 0 Å². The van der Waals surface area contributed by atoms with E-state index in [0.29, 0.717) is 11.1 Å². The van der Waals surface area contributed by atoms with Gasteiger partial charge in [-0.1, -0.05) is 0 Å². The lowest BCUT2D eigenvalue weighted by Gasteiger charge is -2.12. The van der Waals surface area contributed by atoms with E-state index >= 15 is 0 Å². The first kappa shape index (κ1) is 12.0. The van der Waals surface area contributed by atoms with Gasteiger partial charge in [0.15, 0.2) is 0 Å². The molecule has 0 radical (unpaired) electrons. The fourth-order valence-electron chi connectivity index (χ4n) is 1.29. The van der Waals surface area contributed by atoms with Crippen LogP contribution in [0.4, 0.5) is 0 Å². The van der Waals surface area contributed by atoms with Crippen molar-refractivity contribution in [1.82, 2.24) is 0 Å². The van der Waals surface area contributed by atoms with Gasteiger partial charge in [-0.3, -0.25) is 4.79 Å². The van der Waals surface area contributed by atoms with Crippen molar-refractivity contribution in [2.45, 2.75) is 12.5 Å². The lowest BCUT2D eigenvalue weighted by Crippen LogP contribution is -2.16. The Morgan fingerprint density at radius 1 is 1.69 bits per heavy atom. The van der Waals surface area contributed by atoms with Crippen LogP contribution in [0.2, 0.25) is 0 Å². The van der Waals surface area contributed by atoms with Crippen LogP contribution >= 0.6 is 0 Å². The van der Waals surface area contributed by atoms with Gasteiger partial charge in [-0.15, -0.1) is 0 Å². The number of nitrogens with two attached hydrogens (primary N) is 1. The molecule has 0 spiro atoms. The molecular formula is C11H12N2O3. The molecule has 5 nitrogen and oxygen atoms in total. The van der Waals surface area contributed by atoms with Crippen LogP contribution in [0.3, 0.4) is 0 Å². The first-order valence-corrected chi connectivity index (χ1v) is 4.64. The molecule has 1 aromatic carbocycles. The fraction of sp³-hybridized carbons (Fsp3) is 0.273. The highest BCUT2D eigenvalue weighted by Gasteiger charge is 2.15. The van der Waals surface area contributed by atoms with Gasteiger partial charge in [0.05, 0.1) is 25.2 Å². The van der Waals surface area contributed by atoms with Crippen LogP contribution in [-0.2, 0) is 9.53 Å². The number of phenolic OH excluding ortho intramolecular Hbond substituents is 1. The van der Waals surface area contributed by atoms with Gasteiger partial charge in [0.1, 0.15) is 5.75 Å². The first-order valence-electron chi connectivity index (χ1n) is 4.64. The molecule has 16 heavy (non-hydrogen) atoms. The first-order chi connectivity index (χ1) is 7.58. The zero-order valence-electron chi connectivity index (χ0n) is 8.80. The summed E-state index contributed by atoms with van der Waals surface area (Å²) in [6, 6.07) is 5.57. The standard InChI is InChI=1S/C11H12N2O3/c1-16-11(15)5-9(13)8-4-7(6-12)2-3-10(8)14/h2-4,9,14H,5,13H2,1H3/t9-/m1/s1. The summed E-state index contributed by atoms with van der Waals surface area (Å²) in [5.74, 6) is -0.496. The molecule has 0 aliphatic carbocycles. The monoisotopic (exact) mass is 220 g/mol. The highest BCUT2D eigenvalue weighted by Crippen LogP contribution is 2.25. The number of nitrogens with zero attached hydrogens (tertiary/aromatic N) is 1. The van der Waals surface area contributed by atoms with Crippen molar-refractivity contribution in [3.05, 3.63) is 29.3 Å². The maximum atomic E-state index is 11.0. The summed E-state index contributed by atoms with van der Waals surface area (Å²) in [7, 11) is 1.26. The van der Waals surface area contributed by atoms with Gasteiger partial charge in [-0.2, -0.15) is 5.26 Å². The molecule has 3 N–H and O–H groups in total. The van der Waals surface area contributed by atoms with Gasteiger partial charge in [0.2, 0.25) is 0 Å². The van der Waals surface area contributed by atoms with Crippen LogP contribution in [0.15, 0.2) is 18.2 Å². The molecule has 1 atom stereocenters. The summed E-state index contributed by atoms with van der Waals surface area (Å²) in [5, 5.41) is 18.2. The molecule has 0 saturated carbocycles. The molecule has 84 valence electrons. The molecular weight excluding hydrogens is 208 g/mol. The highest BCUT2D eigenvalue weighted by atomic mass is 16.5. The number of carbonyl (C=O) groups is 1. The zero-order valence-corrected chi connectivity index (χ0v) is 8.80. The number of aromatic hydroxyl groups is 1. The SMILES string of the molecule is COC(=O)C[C@@H](N)c1cc(C#N)ccc1O. The summed E-state index contributed by atoms with van der Waals surface area (Å²) < 4.78 is 4.47. The van der Waals surface area contributed by atoms with Gasteiger partial charge in [0, 0.05) is 11.6 Å². The highest BCUT2D eigenvalue weighted by molar-refractivity contribution is 5.70. The summed E-state index contributed by atoms with van der Waals surface area (Å²) in [5.41, 5.74) is 6.47. The molecule has 0 bridgehead atoms. The van der Waals surface area contributed by atoms with E-state index in [1.54, 1.807) is 0 Å². The van der Waals surface area contributed by atoms with E-state index in [1.807, 2.05) is 6.07 Å². The van der Waals surface area contributed by atoms with Crippen LogP contribution in [0, 0.1) is 11.3 Å². The number of rotatable bonds is 3. The van der Waals surface area contributed by atoms with Gasteiger partial charge in [0.25, 0.3) is 0 Å². The second-order valence-electron chi connectivity index (χ2n) is 3.27. The normalized spacial score (nSPS) is 11.6. The van der Waals surface area contributed by atoms with Crippen LogP contribution in [-0.4, -0.2) is 18.2 Å². The average molecular weight is 220 g/mol. The number of ether oxygens (including phenoxy) is 1. The zero-order chi connectivity index (χ0) is 12.1. The largest absolute Gasteiger partial charge is 0.508 e. The summed E-state index contributed by atoms with van der Waals surface area (Å²) >= 11 is 0. The molecule has 0 amide bonds. The molecule has 5 heteroatoms. The number of hydrogen-bond acceptors (Lipinski definition) is 5. The predicted molar refractivity (Wildman–Crippen MR) is 56.4 cm³/mol. The number of benzene rings is 1.